The second-order valence-corrected chi connectivity index (χ2v) is 5.62. The molecule has 2 nitrogen and oxygen atoms in total. The van der Waals surface area contributed by atoms with Crippen molar-refractivity contribution < 1.29 is 9.90 Å². The van der Waals surface area contributed by atoms with Crippen molar-refractivity contribution in [2.24, 2.45) is 11.8 Å². The molecule has 1 saturated carbocycles. The van der Waals surface area contributed by atoms with Gasteiger partial charge in [-0.2, -0.15) is 0 Å². The lowest BCUT2D eigenvalue weighted by Gasteiger charge is -2.19. The van der Waals surface area contributed by atoms with Crippen LogP contribution in [0.15, 0.2) is 12.2 Å². The Labute approximate surface area is 111 Å². The van der Waals surface area contributed by atoms with Crippen molar-refractivity contribution in [1.29, 1.82) is 0 Å². The lowest BCUT2D eigenvalue weighted by molar-refractivity contribution is -0.131. The van der Waals surface area contributed by atoms with Gasteiger partial charge < -0.3 is 5.11 Å². The van der Waals surface area contributed by atoms with Crippen molar-refractivity contribution in [2.75, 3.05) is 0 Å². The largest absolute Gasteiger partial charge is 0.478 e. The molecule has 0 radical (unpaired) electrons. The Bertz CT molecular complexity index is 258. The summed E-state index contributed by atoms with van der Waals surface area (Å²) < 4.78 is 0. The Morgan fingerprint density at radius 1 is 1.17 bits per heavy atom. The standard InChI is InChI=1S/C16H28O2/c1-2-3-5-9-14-11-8-12-15(14)10-6-4-7-13-16(17)18/h7,13-15H,2-6,8-12H2,1H3,(H,17,18)/t14-,15-/m0/s1. The van der Waals surface area contributed by atoms with Gasteiger partial charge in [0, 0.05) is 6.08 Å². The van der Waals surface area contributed by atoms with Crippen LogP contribution >= 0.6 is 0 Å². The minimum atomic E-state index is -0.826. The van der Waals surface area contributed by atoms with Gasteiger partial charge in [0.15, 0.2) is 0 Å². The Kier molecular flexibility index (Phi) is 7.79. The number of aliphatic carboxylic acids is 1. The highest BCUT2D eigenvalue weighted by atomic mass is 16.4. The molecule has 0 amide bonds. The van der Waals surface area contributed by atoms with Crippen molar-refractivity contribution in [2.45, 2.75) is 71.1 Å². The summed E-state index contributed by atoms with van der Waals surface area (Å²) >= 11 is 0. The van der Waals surface area contributed by atoms with Gasteiger partial charge in [-0.05, 0) is 31.1 Å². The first-order valence-corrected chi connectivity index (χ1v) is 7.63. The van der Waals surface area contributed by atoms with Crippen molar-refractivity contribution in [3.8, 4) is 0 Å². The van der Waals surface area contributed by atoms with Crippen LogP contribution in [-0.2, 0) is 4.79 Å². The molecule has 0 spiro atoms. The third kappa shape index (κ3) is 6.23. The third-order valence-electron chi connectivity index (χ3n) is 4.20. The second kappa shape index (κ2) is 9.18. The monoisotopic (exact) mass is 252 g/mol. The van der Waals surface area contributed by atoms with E-state index in [1.165, 1.54) is 57.4 Å². The third-order valence-corrected chi connectivity index (χ3v) is 4.20. The maximum atomic E-state index is 10.3. The first-order chi connectivity index (χ1) is 8.74. The SMILES string of the molecule is CCCCC[C@H]1CCC[C@@H]1CCCC=CC(=O)O. The van der Waals surface area contributed by atoms with E-state index >= 15 is 0 Å². The fraction of sp³-hybridized carbons (Fsp3) is 0.812. The van der Waals surface area contributed by atoms with E-state index in [1.54, 1.807) is 6.08 Å². The van der Waals surface area contributed by atoms with Gasteiger partial charge >= 0.3 is 5.97 Å². The number of hydrogen-bond acceptors (Lipinski definition) is 1. The summed E-state index contributed by atoms with van der Waals surface area (Å²) in [5.74, 6) is 1.05. The van der Waals surface area contributed by atoms with Crippen molar-refractivity contribution in [3.05, 3.63) is 12.2 Å². The predicted molar refractivity (Wildman–Crippen MR) is 75.6 cm³/mol. The first kappa shape index (κ1) is 15.3. The zero-order valence-corrected chi connectivity index (χ0v) is 11.7. The molecule has 0 aromatic heterocycles. The molecule has 0 unspecified atom stereocenters. The summed E-state index contributed by atoms with van der Waals surface area (Å²) in [4.78, 5) is 10.3. The van der Waals surface area contributed by atoms with Crippen LogP contribution in [0, 0.1) is 11.8 Å². The Hall–Kier alpha value is -0.790. The topological polar surface area (TPSA) is 37.3 Å². The van der Waals surface area contributed by atoms with E-state index in [9.17, 15) is 4.79 Å². The highest BCUT2D eigenvalue weighted by Crippen LogP contribution is 2.38. The molecule has 2 heteroatoms. The van der Waals surface area contributed by atoms with Crippen molar-refractivity contribution in [1.82, 2.24) is 0 Å². The van der Waals surface area contributed by atoms with Gasteiger partial charge in [-0.15, -0.1) is 0 Å². The number of hydrogen-bond donors (Lipinski definition) is 1. The summed E-state index contributed by atoms with van der Waals surface area (Å²) in [7, 11) is 0. The lowest BCUT2D eigenvalue weighted by atomic mass is 9.87. The molecule has 0 bridgehead atoms. The van der Waals surface area contributed by atoms with E-state index in [1.807, 2.05) is 0 Å². The van der Waals surface area contributed by atoms with Crippen LogP contribution in [-0.4, -0.2) is 11.1 Å². The van der Waals surface area contributed by atoms with Crippen LogP contribution in [0.5, 0.6) is 0 Å². The maximum Gasteiger partial charge on any atom is 0.327 e. The van der Waals surface area contributed by atoms with E-state index < -0.39 is 5.97 Å². The van der Waals surface area contributed by atoms with Gasteiger partial charge in [0.1, 0.15) is 0 Å². The predicted octanol–water partition coefficient (Wildman–Crippen LogP) is 4.79. The number of unbranched alkanes of at least 4 members (excludes halogenated alkanes) is 3. The number of carboxylic acids is 1. The van der Waals surface area contributed by atoms with Crippen LogP contribution in [0.2, 0.25) is 0 Å². The number of rotatable bonds is 9. The zero-order chi connectivity index (χ0) is 13.2. The summed E-state index contributed by atoms with van der Waals surface area (Å²) in [5, 5.41) is 8.50. The normalized spacial score (nSPS) is 23.8. The van der Waals surface area contributed by atoms with Crippen LogP contribution in [0.25, 0.3) is 0 Å². The van der Waals surface area contributed by atoms with Crippen LogP contribution < -0.4 is 0 Å². The van der Waals surface area contributed by atoms with E-state index in [0.717, 1.165) is 24.7 Å². The van der Waals surface area contributed by atoms with Crippen LogP contribution in [0.4, 0.5) is 0 Å². The summed E-state index contributed by atoms with van der Waals surface area (Å²) in [6, 6.07) is 0. The van der Waals surface area contributed by atoms with Gasteiger partial charge in [-0.1, -0.05) is 57.9 Å². The van der Waals surface area contributed by atoms with E-state index in [0.29, 0.717) is 0 Å². The average molecular weight is 252 g/mol. The molecule has 2 atom stereocenters. The molecule has 0 aromatic rings. The van der Waals surface area contributed by atoms with E-state index in [2.05, 4.69) is 6.92 Å². The smallest absolute Gasteiger partial charge is 0.327 e. The average Bonchev–Trinajstić information content (AvgIpc) is 2.76. The van der Waals surface area contributed by atoms with Crippen LogP contribution in [0.1, 0.15) is 71.1 Å². The van der Waals surface area contributed by atoms with Gasteiger partial charge in [-0.25, -0.2) is 4.79 Å². The van der Waals surface area contributed by atoms with Gasteiger partial charge in [0.2, 0.25) is 0 Å². The number of carbonyl (C=O) groups is 1. The molecule has 1 fully saturated rings. The molecule has 104 valence electrons. The Morgan fingerprint density at radius 2 is 1.83 bits per heavy atom. The first-order valence-electron chi connectivity index (χ1n) is 7.63. The summed E-state index contributed by atoms with van der Waals surface area (Å²) in [6.45, 7) is 2.26. The van der Waals surface area contributed by atoms with Crippen molar-refractivity contribution in [3.63, 3.8) is 0 Å². The number of allylic oxidation sites excluding steroid dienone is 1. The minimum Gasteiger partial charge on any atom is -0.478 e. The fourth-order valence-corrected chi connectivity index (χ4v) is 3.21. The molecule has 0 saturated heterocycles. The lowest BCUT2D eigenvalue weighted by Crippen LogP contribution is -2.07. The zero-order valence-electron chi connectivity index (χ0n) is 11.7. The fourth-order valence-electron chi connectivity index (χ4n) is 3.21. The molecule has 1 rings (SSSR count). The molecule has 0 heterocycles. The molecule has 18 heavy (non-hydrogen) atoms. The highest BCUT2D eigenvalue weighted by molar-refractivity contribution is 5.79. The number of carboxylic acid groups (broad SMARTS) is 1. The van der Waals surface area contributed by atoms with Crippen molar-refractivity contribution >= 4 is 5.97 Å². The molecular formula is C16H28O2. The molecule has 1 N–H and O–H groups in total. The molecular weight excluding hydrogens is 224 g/mol. The van der Waals surface area contributed by atoms with Gasteiger partial charge in [-0.3, -0.25) is 0 Å². The van der Waals surface area contributed by atoms with E-state index in [4.69, 9.17) is 5.11 Å². The quantitative estimate of drug-likeness (QED) is 0.473. The Morgan fingerprint density at radius 3 is 2.44 bits per heavy atom. The maximum absolute atomic E-state index is 10.3. The van der Waals surface area contributed by atoms with Gasteiger partial charge in [0.25, 0.3) is 0 Å². The van der Waals surface area contributed by atoms with Crippen LogP contribution in [0.3, 0.4) is 0 Å². The minimum absolute atomic E-state index is 0.826. The Balaban J connectivity index is 2.13. The highest BCUT2D eigenvalue weighted by Gasteiger charge is 2.25. The molecule has 1 aliphatic carbocycles. The summed E-state index contributed by atoms with van der Waals surface area (Å²) in [6.07, 6.45) is 16.2. The van der Waals surface area contributed by atoms with E-state index in [-0.39, 0.29) is 0 Å². The molecule has 0 aliphatic heterocycles. The molecule has 1 aliphatic rings. The molecule has 0 aromatic carbocycles. The van der Waals surface area contributed by atoms with Gasteiger partial charge in [0.05, 0.1) is 0 Å². The summed E-state index contributed by atoms with van der Waals surface area (Å²) in [5.41, 5.74) is 0. The second-order valence-electron chi connectivity index (χ2n) is 5.62.